The molecule has 2 aromatic rings. The van der Waals surface area contributed by atoms with E-state index >= 15 is 0 Å². The SMILES string of the molecule is [CH2][C@@H](C(=O)N1CCCC1)c1ccc(-c2ccccn2)cc1. The number of carbonyl (C=O) groups excluding carboxylic acids is 1. The maximum absolute atomic E-state index is 12.4. The number of likely N-dealkylation sites (tertiary alicyclic amines) is 1. The number of carbonyl (C=O) groups is 1. The van der Waals surface area contributed by atoms with Crippen molar-refractivity contribution in [2.45, 2.75) is 18.8 Å². The molecule has 0 N–H and O–H groups in total. The average molecular weight is 279 g/mol. The zero-order chi connectivity index (χ0) is 14.7. The van der Waals surface area contributed by atoms with E-state index in [0.29, 0.717) is 0 Å². The lowest BCUT2D eigenvalue weighted by atomic mass is 9.97. The molecule has 1 aromatic heterocycles. The van der Waals surface area contributed by atoms with E-state index in [1.165, 1.54) is 0 Å². The van der Waals surface area contributed by atoms with Crippen molar-refractivity contribution in [3.63, 3.8) is 0 Å². The van der Waals surface area contributed by atoms with Crippen LogP contribution in [-0.4, -0.2) is 28.9 Å². The third-order valence-corrected chi connectivity index (χ3v) is 3.99. The van der Waals surface area contributed by atoms with Gasteiger partial charge in [-0.05, 0) is 37.5 Å². The van der Waals surface area contributed by atoms with E-state index in [-0.39, 0.29) is 11.8 Å². The predicted octanol–water partition coefficient (Wildman–Crippen LogP) is 3.29. The molecule has 1 amide bonds. The van der Waals surface area contributed by atoms with Crippen molar-refractivity contribution in [3.8, 4) is 11.3 Å². The Morgan fingerprint density at radius 2 is 1.81 bits per heavy atom. The molecule has 1 saturated heterocycles. The molecule has 0 aliphatic carbocycles. The molecule has 0 unspecified atom stereocenters. The lowest BCUT2D eigenvalue weighted by molar-refractivity contribution is -0.130. The van der Waals surface area contributed by atoms with Crippen molar-refractivity contribution >= 4 is 5.91 Å². The average Bonchev–Trinajstić information content (AvgIpc) is 3.09. The van der Waals surface area contributed by atoms with Gasteiger partial charge in [0.05, 0.1) is 11.6 Å². The van der Waals surface area contributed by atoms with Crippen molar-refractivity contribution < 1.29 is 4.79 Å². The number of hydrogen-bond donors (Lipinski definition) is 0. The summed E-state index contributed by atoms with van der Waals surface area (Å²) in [6.07, 6.45) is 4.00. The second-order valence-electron chi connectivity index (χ2n) is 5.42. The maximum Gasteiger partial charge on any atom is 0.230 e. The van der Waals surface area contributed by atoms with E-state index in [9.17, 15) is 4.79 Å². The summed E-state index contributed by atoms with van der Waals surface area (Å²) in [5.41, 5.74) is 2.96. The number of pyridine rings is 1. The Hall–Kier alpha value is -2.16. The Balaban J connectivity index is 1.76. The zero-order valence-electron chi connectivity index (χ0n) is 12.0. The van der Waals surface area contributed by atoms with Gasteiger partial charge in [0.25, 0.3) is 0 Å². The molecule has 0 spiro atoms. The van der Waals surface area contributed by atoms with Gasteiger partial charge in [-0.3, -0.25) is 9.78 Å². The van der Waals surface area contributed by atoms with E-state index < -0.39 is 0 Å². The van der Waals surface area contributed by atoms with Crippen LogP contribution in [0.3, 0.4) is 0 Å². The second-order valence-corrected chi connectivity index (χ2v) is 5.42. The van der Waals surface area contributed by atoms with Gasteiger partial charge in [-0.25, -0.2) is 0 Å². The van der Waals surface area contributed by atoms with E-state index in [4.69, 9.17) is 0 Å². The number of rotatable bonds is 3. The van der Waals surface area contributed by atoms with Gasteiger partial charge in [0.1, 0.15) is 0 Å². The lowest BCUT2D eigenvalue weighted by Gasteiger charge is -2.20. The Morgan fingerprint density at radius 1 is 1.10 bits per heavy atom. The second kappa shape index (κ2) is 6.08. The van der Waals surface area contributed by atoms with E-state index in [1.807, 2.05) is 47.4 Å². The highest BCUT2D eigenvalue weighted by atomic mass is 16.2. The third-order valence-electron chi connectivity index (χ3n) is 3.99. The Morgan fingerprint density at radius 3 is 2.43 bits per heavy atom. The molecule has 3 rings (SSSR count). The van der Waals surface area contributed by atoms with Crippen LogP contribution in [-0.2, 0) is 4.79 Å². The number of hydrogen-bond acceptors (Lipinski definition) is 2. The van der Waals surface area contributed by atoms with Gasteiger partial charge < -0.3 is 4.90 Å². The number of benzene rings is 1. The van der Waals surface area contributed by atoms with Gasteiger partial charge in [-0.2, -0.15) is 0 Å². The molecular weight excluding hydrogens is 260 g/mol. The monoisotopic (exact) mass is 279 g/mol. The molecule has 3 heteroatoms. The summed E-state index contributed by atoms with van der Waals surface area (Å²) < 4.78 is 0. The van der Waals surface area contributed by atoms with Crippen LogP contribution in [0.1, 0.15) is 24.3 Å². The summed E-state index contributed by atoms with van der Waals surface area (Å²) in [7, 11) is 0. The van der Waals surface area contributed by atoms with Gasteiger partial charge in [0.15, 0.2) is 0 Å². The minimum absolute atomic E-state index is 0.137. The molecule has 21 heavy (non-hydrogen) atoms. The summed E-state index contributed by atoms with van der Waals surface area (Å²) in [6.45, 7) is 5.79. The molecule has 1 aliphatic heterocycles. The van der Waals surface area contributed by atoms with Crippen molar-refractivity contribution in [2.75, 3.05) is 13.1 Å². The van der Waals surface area contributed by atoms with Crippen molar-refractivity contribution in [1.82, 2.24) is 9.88 Å². The minimum atomic E-state index is -0.319. The fraction of sp³-hybridized carbons (Fsp3) is 0.278. The minimum Gasteiger partial charge on any atom is -0.342 e. The Labute approximate surface area is 125 Å². The van der Waals surface area contributed by atoms with Crippen LogP contribution in [0.4, 0.5) is 0 Å². The van der Waals surface area contributed by atoms with Gasteiger partial charge in [-0.15, -0.1) is 0 Å². The molecule has 2 heterocycles. The quantitative estimate of drug-likeness (QED) is 0.863. The van der Waals surface area contributed by atoms with Crippen LogP contribution >= 0.6 is 0 Å². The van der Waals surface area contributed by atoms with Crippen LogP contribution in [0.5, 0.6) is 0 Å². The summed E-state index contributed by atoms with van der Waals surface area (Å²) in [5, 5.41) is 0. The first-order chi connectivity index (χ1) is 10.3. The summed E-state index contributed by atoms with van der Waals surface area (Å²) in [4.78, 5) is 18.6. The third kappa shape index (κ3) is 2.97. The normalized spacial score (nSPS) is 16.0. The van der Waals surface area contributed by atoms with Gasteiger partial charge >= 0.3 is 0 Å². The fourth-order valence-corrected chi connectivity index (χ4v) is 2.72. The summed E-state index contributed by atoms with van der Waals surface area (Å²) >= 11 is 0. The van der Waals surface area contributed by atoms with E-state index in [1.54, 1.807) is 6.20 Å². The molecule has 1 aliphatic rings. The first-order valence-electron chi connectivity index (χ1n) is 7.39. The summed E-state index contributed by atoms with van der Waals surface area (Å²) in [5.74, 6) is -0.182. The fourth-order valence-electron chi connectivity index (χ4n) is 2.72. The van der Waals surface area contributed by atoms with Crippen LogP contribution in [0.15, 0.2) is 48.7 Å². The summed E-state index contributed by atoms with van der Waals surface area (Å²) in [6, 6.07) is 13.8. The molecule has 0 bridgehead atoms. The largest absolute Gasteiger partial charge is 0.342 e. The van der Waals surface area contributed by atoms with Crippen LogP contribution in [0, 0.1) is 6.92 Å². The van der Waals surface area contributed by atoms with Crippen LogP contribution in [0.2, 0.25) is 0 Å². The topological polar surface area (TPSA) is 33.2 Å². The molecule has 107 valence electrons. The first kappa shape index (κ1) is 13.8. The van der Waals surface area contributed by atoms with Crippen molar-refractivity contribution in [1.29, 1.82) is 0 Å². The van der Waals surface area contributed by atoms with Gasteiger partial charge in [0.2, 0.25) is 5.91 Å². The first-order valence-corrected chi connectivity index (χ1v) is 7.39. The number of aromatic nitrogens is 1. The highest BCUT2D eigenvalue weighted by Crippen LogP contribution is 2.23. The maximum atomic E-state index is 12.4. The molecule has 1 fully saturated rings. The molecule has 0 saturated carbocycles. The Bertz CT molecular complexity index is 601. The van der Waals surface area contributed by atoms with E-state index in [2.05, 4.69) is 11.9 Å². The van der Waals surface area contributed by atoms with E-state index in [0.717, 1.165) is 42.8 Å². The predicted molar refractivity (Wildman–Crippen MR) is 83.6 cm³/mol. The number of nitrogens with zero attached hydrogens (tertiary/aromatic N) is 2. The zero-order valence-corrected chi connectivity index (χ0v) is 12.0. The Kier molecular flexibility index (Phi) is 4.00. The highest BCUT2D eigenvalue weighted by molar-refractivity contribution is 5.84. The molecular formula is C18H19N2O. The smallest absolute Gasteiger partial charge is 0.230 e. The van der Waals surface area contributed by atoms with Crippen molar-refractivity contribution in [2.24, 2.45) is 0 Å². The molecule has 1 atom stereocenters. The standard InChI is InChI=1S/C18H19N2O/c1-14(18(21)20-12-4-5-13-20)15-7-9-16(10-8-15)17-6-2-3-11-19-17/h2-3,6-11,14H,1,4-5,12-13H2/t14-/m1/s1. The van der Waals surface area contributed by atoms with Crippen molar-refractivity contribution in [3.05, 3.63) is 61.1 Å². The molecule has 1 aromatic carbocycles. The van der Waals surface area contributed by atoms with Crippen LogP contribution < -0.4 is 0 Å². The highest BCUT2D eigenvalue weighted by Gasteiger charge is 2.24. The van der Waals surface area contributed by atoms with Gasteiger partial charge in [0, 0.05) is 24.8 Å². The molecule has 3 nitrogen and oxygen atoms in total. The lowest BCUT2D eigenvalue weighted by Crippen LogP contribution is -2.31. The van der Waals surface area contributed by atoms with Crippen LogP contribution in [0.25, 0.3) is 11.3 Å². The number of amides is 1. The van der Waals surface area contributed by atoms with Gasteiger partial charge in [-0.1, -0.05) is 30.3 Å². The molecule has 1 radical (unpaired) electrons.